The van der Waals surface area contributed by atoms with Crippen molar-refractivity contribution in [3.05, 3.63) is 59.7 Å². The first-order chi connectivity index (χ1) is 11.7. The van der Waals surface area contributed by atoms with E-state index in [1.807, 2.05) is 36.4 Å². The minimum absolute atomic E-state index is 0.142. The van der Waals surface area contributed by atoms with Crippen LogP contribution in [0.2, 0.25) is 0 Å². The highest BCUT2D eigenvalue weighted by Crippen LogP contribution is 2.22. The third kappa shape index (κ3) is 3.40. The fourth-order valence-corrected chi connectivity index (χ4v) is 2.84. The maximum absolute atomic E-state index is 12.3. The molecule has 1 heterocycles. The van der Waals surface area contributed by atoms with Crippen molar-refractivity contribution < 1.29 is 14.3 Å². The zero-order valence-electron chi connectivity index (χ0n) is 13.6. The van der Waals surface area contributed by atoms with E-state index < -0.39 is 0 Å². The largest absolute Gasteiger partial charge is 0.496 e. The third-order valence-corrected chi connectivity index (χ3v) is 4.15. The van der Waals surface area contributed by atoms with Gasteiger partial charge in [0.1, 0.15) is 5.75 Å². The van der Waals surface area contributed by atoms with Gasteiger partial charge in [-0.1, -0.05) is 18.2 Å². The predicted octanol–water partition coefficient (Wildman–Crippen LogP) is 2.75. The molecule has 1 N–H and O–H groups in total. The summed E-state index contributed by atoms with van der Waals surface area (Å²) in [5.41, 5.74) is 2.34. The Labute approximate surface area is 141 Å². The second kappa shape index (κ2) is 7.17. The Morgan fingerprint density at radius 1 is 1.17 bits per heavy atom. The van der Waals surface area contributed by atoms with Crippen molar-refractivity contribution in [3.63, 3.8) is 0 Å². The first-order valence-corrected chi connectivity index (χ1v) is 7.99. The van der Waals surface area contributed by atoms with Gasteiger partial charge in [-0.2, -0.15) is 0 Å². The number of amides is 2. The summed E-state index contributed by atoms with van der Waals surface area (Å²) in [4.78, 5) is 25.8. The topological polar surface area (TPSA) is 58.6 Å². The molecular formula is C19H20N2O3. The number of methoxy groups -OCH3 is 1. The fourth-order valence-electron chi connectivity index (χ4n) is 2.84. The molecule has 2 aromatic rings. The van der Waals surface area contributed by atoms with Gasteiger partial charge in [0.2, 0.25) is 5.91 Å². The molecular weight excluding hydrogens is 304 g/mol. The molecule has 0 unspecified atom stereocenters. The molecule has 0 radical (unpaired) electrons. The number of hydrogen-bond donors (Lipinski definition) is 1. The predicted molar refractivity (Wildman–Crippen MR) is 92.2 cm³/mol. The molecule has 1 aliphatic rings. The van der Waals surface area contributed by atoms with Gasteiger partial charge < -0.3 is 15.0 Å². The molecule has 1 fully saturated rings. The minimum Gasteiger partial charge on any atom is -0.496 e. The lowest BCUT2D eigenvalue weighted by Crippen LogP contribution is -2.25. The summed E-state index contributed by atoms with van der Waals surface area (Å²) >= 11 is 0. The number of benzene rings is 2. The SMILES string of the molecule is COc1ccccc1CNC(=O)c1ccc(N2CCCC2=O)cc1. The Hall–Kier alpha value is -2.82. The average molecular weight is 324 g/mol. The number of nitrogens with one attached hydrogen (secondary N) is 1. The monoisotopic (exact) mass is 324 g/mol. The van der Waals surface area contributed by atoms with Gasteiger partial charge in [-0.05, 0) is 36.8 Å². The molecule has 2 amide bonds. The lowest BCUT2D eigenvalue weighted by Gasteiger charge is -2.16. The number of nitrogens with zero attached hydrogens (tertiary/aromatic N) is 1. The Bertz CT molecular complexity index is 741. The molecule has 2 aromatic carbocycles. The zero-order valence-corrected chi connectivity index (χ0v) is 13.6. The van der Waals surface area contributed by atoms with Crippen molar-refractivity contribution in [3.8, 4) is 5.75 Å². The van der Waals surface area contributed by atoms with Crippen LogP contribution in [0.4, 0.5) is 5.69 Å². The van der Waals surface area contributed by atoms with E-state index >= 15 is 0 Å². The van der Waals surface area contributed by atoms with Crippen LogP contribution in [0.5, 0.6) is 5.75 Å². The van der Waals surface area contributed by atoms with Crippen LogP contribution in [0.15, 0.2) is 48.5 Å². The van der Waals surface area contributed by atoms with Gasteiger partial charge in [0.25, 0.3) is 5.91 Å². The summed E-state index contributed by atoms with van der Waals surface area (Å²) in [6.07, 6.45) is 1.49. The van der Waals surface area contributed by atoms with Gasteiger partial charge in [0.15, 0.2) is 0 Å². The second-order valence-electron chi connectivity index (χ2n) is 5.69. The Balaban J connectivity index is 1.64. The number of rotatable bonds is 5. The standard InChI is InChI=1S/C19H20N2O3/c1-24-17-6-3-2-5-15(17)13-20-19(23)14-8-10-16(11-9-14)21-12-4-7-18(21)22/h2-3,5-6,8-11H,4,7,12-13H2,1H3,(H,20,23). The van der Waals surface area contributed by atoms with E-state index in [0.717, 1.165) is 30.0 Å². The van der Waals surface area contributed by atoms with E-state index in [4.69, 9.17) is 4.74 Å². The Morgan fingerprint density at radius 3 is 2.58 bits per heavy atom. The zero-order chi connectivity index (χ0) is 16.9. The molecule has 5 nitrogen and oxygen atoms in total. The van der Waals surface area contributed by atoms with Crippen molar-refractivity contribution >= 4 is 17.5 Å². The van der Waals surface area contributed by atoms with Crippen LogP contribution >= 0.6 is 0 Å². The van der Waals surface area contributed by atoms with Crippen molar-refractivity contribution in [1.29, 1.82) is 0 Å². The van der Waals surface area contributed by atoms with Crippen LogP contribution in [0.1, 0.15) is 28.8 Å². The molecule has 1 saturated heterocycles. The second-order valence-corrected chi connectivity index (χ2v) is 5.69. The highest BCUT2D eigenvalue weighted by atomic mass is 16.5. The average Bonchev–Trinajstić information content (AvgIpc) is 3.06. The van der Waals surface area contributed by atoms with Crippen molar-refractivity contribution in [2.24, 2.45) is 0 Å². The molecule has 3 rings (SSSR count). The highest BCUT2D eigenvalue weighted by molar-refractivity contribution is 5.97. The number of ether oxygens (including phenoxy) is 1. The summed E-state index contributed by atoms with van der Waals surface area (Å²) in [5, 5.41) is 2.89. The van der Waals surface area contributed by atoms with Crippen LogP contribution in [-0.2, 0) is 11.3 Å². The summed E-state index contributed by atoms with van der Waals surface area (Å²) < 4.78 is 5.28. The summed E-state index contributed by atoms with van der Waals surface area (Å²) in [6.45, 7) is 1.15. The summed E-state index contributed by atoms with van der Waals surface area (Å²) in [5.74, 6) is 0.740. The number of carbonyl (C=O) groups excluding carboxylic acids is 2. The number of para-hydroxylation sites is 1. The lowest BCUT2D eigenvalue weighted by atomic mass is 10.1. The molecule has 0 spiro atoms. The molecule has 0 atom stereocenters. The third-order valence-electron chi connectivity index (χ3n) is 4.15. The molecule has 0 saturated carbocycles. The number of hydrogen-bond acceptors (Lipinski definition) is 3. The van der Waals surface area contributed by atoms with Crippen LogP contribution < -0.4 is 15.0 Å². The van der Waals surface area contributed by atoms with Crippen LogP contribution in [-0.4, -0.2) is 25.5 Å². The van der Waals surface area contributed by atoms with Gasteiger partial charge in [-0.3, -0.25) is 9.59 Å². The van der Waals surface area contributed by atoms with E-state index in [-0.39, 0.29) is 11.8 Å². The van der Waals surface area contributed by atoms with Crippen molar-refractivity contribution in [1.82, 2.24) is 5.32 Å². The first kappa shape index (κ1) is 16.1. The highest BCUT2D eigenvalue weighted by Gasteiger charge is 2.21. The lowest BCUT2D eigenvalue weighted by molar-refractivity contribution is -0.117. The molecule has 0 aliphatic carbocycles. The molecule has 24 heavy (non-hydrogen) atoms. The maximum atomic E-state index is 12.3. The van der Waals surface area contributed by atoms with E-state index in [1.165, 1.54) is 0 Å². The van der Waals surface area contributed by atoms with Gasteiger partial charge in [0.05, 0.1) is 7.11 Å². The Morgan fingerprint density at radius 2 is 1.92 bits per heavy atom. The van der Waals surface area contributed by atoms with Crippen LogP contribution in [0.3, 0.4) is 0 Å². The van der Waals surface area contributed by atoms with E-state index in [9.17, 15) is 9.59 Å². The van der Waals surface area contributed by atoms with Crippen molar-refractivity contribution in [2.45, 2.75) is 19.4 Å². The Kier molecular flexibility index (Phi) is 4.79. The summed E-state index contributed by atoms with van der Waals surface area (Å²) in [6, 6.07) is 14.7. The van der Waals surface area contributed by atoms with Crippen LogP contribution in [0.25, 0.3) is 0 Å². The smallest absolute Gasteiger partial charge is 0.251 e. The molecule has 0 bridgehead atoms. The first-order valence-electron chi connectivity index (χ1n) is 7.99. The number of carbonyl (C=O) groups is 2. The minimum atomic E-state index is -0.153. The van der Waals surface area contributed by atoms with Gasteiger partial charge >= 0.3 is 0 Å². The maximum Gasteiger partial charge on any atom is 0.251 e. The van der Waals surface area contributed by atoms with E-state index in [1.54, 1.807) is 24.1 Å². The quantitative estimate of drug-likeness (QED) is 0.920. The fraction of sp³-hybridized carbons (Fsp3) is 0.263. The molecule has 0 aromatic heterocycles. The van der Waals surface area contributed by atoms with Gasteiger partial charge in [0, 0.05) is 36.3 Å². The molecule has 124 valence electrons. The molecule has 1 aliphatic heterocycles. The summed E-state index contributed by atoms with van der Waals surface area (Å²) in [7, 11) is 1.61. The normalized spacial score (nSPS) is 13.9. The number of anilines is 1. The van der Waals surface area contributed by atoms with Gasteiger partial charge in [-0.25, -0.2) is 0 Å². The van der Waals surface area contributed by atoms with E-state index in [2.05, 4.69) is 5.32 Å². The van der Waals surface area contributed by atoms with Crippen molar-refractivity contribution in [2.75, 3.05) is 18.6 Å². The van der Waals surface area contributed by atoms with E-state index in [0.29, 0.717) is 18.5 Å². The molecule has 5 heteroatoms. The van der Waals surface area contributed by atoms with Crippen LogP contribution in [0, 0.1) is 0 Å². The van der Waals surface area contributed by atoms with Gasteiger partial charge in [-0.15, -0.1) is 0 Å².